The van der Waals surface area contributed by atoms with Gasteiger partial charge in [0.05, 0.1) is 0 Å². The summed E-state index contributed by atoms with van der Waals surface area (Å²) in [6.07, 6.45) is 1.22. The van der Waals surface area contributed by atoms with Gasteiger partial charge in [-0.15, -0.1) is 11.8 Å². The number of hydrogen-bond acceptors (Lipinski definition) is 2. The van der Waals surface area contributed by atoms with Crippen LogP contribution in [-0.2, 0) is 6.54 Å². The molecule has 2 heteroatoms. The van der Waals surface area contributed by atoms with Crippen molar-refractivity contribution < 1.29 is 0 Å². The maximum absolute atomic E-state index is 3.52. The van der Waals surface area contributed by atoms with Gasteiger partial charge >= 0.3 is 0 Å². The highest BCUT2D eigenvalue weighted by atomic mass is 32.2. The van der Waals surface area contributed by atoms with Crippen LogP contribution in [0.2, 0.25) is 0 Å². The van der Waals surface area contributed by atoms with Crippen molar-refractivity contribution in [2.45, 2.75) is 63.3 Å². The fraction of sp³-hybridized carbons (Fsp3) is 0.600. The highest BCUT2D eigenvalue weighted by Gasteiger charge is 2.08. The number of hydrogen-bond donors (Lipinski definition) is 1. The summed E-state index contributed by atoms with van der Waals surface area (Å²) in [4.78, 5) is 1.38. The first kappa shape index (κ1) is 14.6. The van der Waals surface area contributed by atoms with E-state index in [1.54, 1.807) is 0 Å². The van der Waals surface area contributed by atoms with Gasteiger partial charge in [0.1, 0.15) is 0 Å². The zero-order chi connectivity index (χ0) is 12.9. The van der Waals surface area contributed by atoms with Crippen LogP contribution in [-0.4, -0.2) is 10.8 Å². The molecule has 1 aromatic carbocycles. The molecule has 0 aliphatic carbocycles. The van der Waals surface area contributed by atoms with Crippen molar-refractivity contribution in [1.29, 1.82) is 0 Å². The summed E-state index contributed by atoms with van der Waals surface area (Å²) in [7, 11) is 0. The van der Waals surface area contributed by atoms with Crippen LogP contribution in [0.4, 0.5) is 0 Å². The Balaban J connectivity index is 2.60. The number of benzene rings is 1. The third kappa shape index (κ3) is 6.13. The van der Waals surface area contributed by atoms with Gasteiger partial charge in [0, 0.05) is 22.2 Å². The van der Waals surface area contributed by atoms with Gasteiger partial charge in [-0.05, 0) is 44.9 Å². The third-order valence-corrected chi connectivity index (χ3v) is 3.90. The second-order valence-electron chi connectivity index (χ2n) is 5.59. The van der Waals surface area contributed by atoms with Crippen LogP contribution in [0, 0.1) is 0 Å². The Morgan fingerprint density at radius 1 is 1.29 bits per heavy atom. The van der Waals surface area contributed by atoms with Crippen molar-refractivity contribution in [2.24, 2.45) is 0 Å². The third-order valence-electron chi connectivity index (χ3n) is 2.63. The van der Waals surface area contributed by atoms with Gasteiger partial charge in [0.15, 0.2) is 0 Å². The lowest BCUT2D eigenvalue weighted by Gasteiger charge is -2.20. The maximum atomic E-state index is 3.52. The maximum Gasteiger partial charge on any atom is 0.0210 e. The molecule has 0 heterocycles. The Hall–Kier alpha value is -0.470. The van der Waals surface area contributed by atoms with Crippen molar-refractivity contribution >= 4 is 11.8 Å². The van der Waals surface area contributed by atoms with E-state index < -0.39 is 0 Å². The van der Waals surface area contributed by atoms with E-state index in [9.17, 15) is 0 Å². The predicted octanol–water partition coefficient (Wildman–Crippen LogP) is 4.47. The summed E-state index contributed by atoms with van der Waals surface area (Å²) in [5.74, 6) is 0. The fourth-order valence-electron chi connectivity index (χ4n) is 1.41. The highest BCUT2D eigenvalue weighted by Crippen LogP contribution is 2.25. The SMILES string of the molecule is CCC(C)Sc1cccc(CNC(C)(C)C)c1. The summed E-state index contributed by atoms with van der Waals surface area (Å²) >= 11 is 1.96. The van der Waals surface area contributed by atoms with Crippen molar-refractivity contribution in [1.82, 2.24) is 5.32 Å². The molecule has 96 valence electrons. The number of thioether (sulfide) groups is 1. The van der Waals surface area contributed by atoms with Gasteiger partial charge in [-0.25, -0.2) is 0 Å². The number of rotatable bonds is 5. The molecule has 1 rings (SSSR count). The van der Waals surface area contributed by atoms with Crippen LogP contribution < -0.4 is 5.32 Å². The Morgan fingerprint density at radius 2 is 2.00 bits per heavy atom. The zero-order valence-corrected chi connectivity index (χ0v) is 12.5. The molecule has 0 aliphatic heterocycles. The molecule has 0 saturated heterocycles. The van der Waals surface area contributed by atoms with Gasteiger partial charge in [0.2, 0.25) is 0 Å². The van der Waals surface area contributed by atoms with E-state index in [1.165, 1.54) is 16.9 Å². The summed E-state index contributed by atoms with van der Waals surface area (Å²) < 4.78 is 0. The van der Waals surface area contributed by atoms with E-state index in [-0.39, 0.29) is 5.54 Å². The molecular formula is C15H25NS. The monoisotopic (exact) mass is 251 g/mol. The van der Waals surface area contributed by atoms with Crippen molar-refractivity contribution in [3.63, 3.8) is 0 Å². The normalized spacial score (nSPS) is 13.7. The Labute approximate surface area is 110 Å². The minimum Gasteiger partial charge on any atom is -0.308 e. The standard InChI is InChI=1S/C15H25NS/c1-6-12(2)17-14-9-7-8-13(10-14)11-16-15(3,4)5/h7-10,12,16H,6,11H2,1-5H3. The minimum atomic E-state index is 0.180. The lowest BCUT2D eigenvalue weighted by molar-refractivity contribution is 0.424. The van der Waals surface area contributed by atoms with Crippen LogP contribution in [0.5, 0.6) is 0 Å². The molecule has 1 unspecified atom stereocenters. The van der Waals surface area contributed by atoms with Crippen LogP contribution >= 0.6 is 11.8 Å². The van der Waals surface area contributed by atoms with E-state index in [0.717, 1.165) is 6.54 Å². The highest BCUT2D eigenvalue weighted by molar-refractivity contribution is 7.99. The van der Waals surface area contributed by atoms with Crippen LogP contribution in [0.3, 0.4) is 0 Å². The van der Waals surface area contributed by atoms with E-state index >= 15 is 0 Å². The molecule has 1 atom stereocenters. The van der Waals surface area contributed by atoms with E-state index in [4.69, 9.17) is 0 Å². The molecule has 0 radical (unpaired) electrons. The molecule has 1 aromatic rings. The fourth-order valence-corrected chi connectivity index (χ4v) is 2.42. The first-order chi connectivity index (χ1) is 7.90. The minimum absolute atomic E-state index is 0.180. The summed E-state index contributed by atoms with van der Waals surface area (Å²) in [6.45, 7) is 12.1. The van der Waals surface area contributed by atoms with Crippen molar-refractivity contribution in [3.8, 4) is 0 Å². The average molecular weight is 251 g/mol. The van der Waals surface area contributed by atoms with Crippen LogP contribution in [0.1, 0.15) is 46.6 Å². The van der Waals surface area contributed by atoms with Gasteiger partial charge < -0.3 is 5.32 Å². The van der Waals surface area contributed by atoms with Crippen LogP contribution in [0.15, 0.2) is 29.2 Å². The van der Waals surface area contributed by atoms with Gasteiger partial charge in [-0.1, -0.05) is 26.0 Å². The quantitative estimate of drug-likeness (QED) is 0.775. The molecule has 0 aliphatic rings. The molecule has 0 spiro atoms. The molecule has 0 fully saturated rings. The Kier molecular flexibility index (Phi) is 5.54. The molecule has 0 amide bonds. The van der Waals surface area contributed by atoms with Gasteiger partial charge in [0.25, 0.3) is 0 Å². The molecule has 1 nitrogen and oxygen atoms in total. The van der Waals surface area contributed by atoms with Gasteiger partial charge in [-0.2, -0.15) is 0 Å². The molecule has 0 saturated carbocycles. The second-order valence-corrected chi connectivity index (χ2v) is 7.10. The van der Waals surface area contributed by atoms with E-state index in [1.807, 2.05) is 11.8 Å². The molecule has 0 aromatic heterocycles. The lowest BCUT2D eigenvalue weighted by Crippen LogP contribution is -2.35. The summed E-state index contributed by atoms with van der Waals surface area (Å²) in [5.41, 5.74) is 1.55. The first-order valence-corrected chi connectivity index (χ1v) is 7.29. The summed E-state index contributed by atoms with van der Waals surface area (Å²) in [5, 5.41) is 4.22. The Morgan fingerprint density at radius 3 is 2.59 bits per heavy atom. The van der Waals surface area contributed by atoms with Crippen molar-refractivity contribution in [3.05, 3.63) is 29.8 Å². The van der Waals surface area contributed by atoms with E-state index in [2.05, 4.69) is 64.2 Å². The second kappa shape index (κ2) is 6.46. The summed E-state index contributed by atoms with van der Waals surface area (Å²) in [6, 6.07) is 8.86. The topological polar surface area (TPSA) is 12.0 Å². The van der Waals surface area contributed by atoms with Gasteiger partial charge in [-0.3, -0.25) is 0 Å². The molecule has 17 heavy (non-hydrogen) atoms. The first-order valence-electron chi connectivity index (χ1n) is 6.41. The van der Waals surface area contributed by atoms with E-state index in [0.29, 0.717) is 5.25 Å². The zero-order valence-electron chi connectivity index (χ0n) is 11.7. The van der Waals surface area contributed by atoms with Crippen molar-refractivity contribution in [2.75, 3.05) is 0 Å². The molecule has 0 bridgehead atoms. The largest absolute Gasteiger partial charge is 0.308 e. The smallest absolute Gasteiger partial charge is 0.0210 e. The number of nitrogens with one attached hydrogen (secondary N) is 1. The molecular weight excluding hydrogens is 226 g/mol. The molecule has 1 N–H and O–H groups in total. The predicted molar refractivity (Wildman–Crippen MR) is 78.6 cm³/mol. The van der Waals surface area contributed by atoms with Crippen LogP contribution in [0.25, 0.3) is 0 Å². The Bertz CT molecular complexity index is 341. The average Bonchev–Trinajstić information content (AvgIpc) is 2.26. The lowest BCUT2D eigenvalue weighted by atomic mass is 10.1.